The third kappa shape index (κ3) is 3.27. The van der Waals surface area contributed by atoms with Gasteiger partial charge in [0.05, 0.1) is 0 Å². The van der Waals surface area contributed by atoms with E-state index in [0.717, 1.165) is 37.7 Å². The minimum atomic E-state index is 0.619. The standard InChI is InChI=1S/C24H32N4/c1-3-4-22-25-13-18(14-26-22)15-28-16-21(19-7-5-17(2)6-8-19)24-23(28)20-9-11-27(24)12-10-20/h5-8,13-14,20-21,23-24H,3-4,9-12,15-16H2,1-2H3/t21-,23-,24-/m1/s1. The highest BCUT2D eigenvalue weighted by Gasteiger charge is 2.53. The fourth-order valence-electron chi connectivity index (χ4n) is 5.88. The molecule has 6 rings (SSSR count). The molecule has 4 aliphatic rings. The molecule has 0 radical (unpaired) electrons. The Labute approximate surface area is 169 Å². The summed E-state index contributed by atoms with van der Waals surface area (Å²) in [5, 5.41) is 0. The van der Waals surface area contributed by atoms with Gasteiger partial charge in [0.15, 0.2) is 0 Å². The highest BCUT2D eigenvalue weighted by atomic mass is 15.3. The minimum absolute atomic E-state index is 0.619. The van der Waals surface area contributed by atoms with Crippen LogP contribution in [0.3, 0.4) is 0 Å². The summed E-state index contributed by atoms with van der Waals surface area (Å²) in [4.78, 5) is 14.7. The van der Waals surface area contributed by atoms with Crippen LogP contribution >= 0.6 is 0 Å². The van der Waals surface area contributed by atoms with Crippen molar-refractivity contribution < 1.29 is 0 Å². The van der Waals surface area contributed by atoms with Crippen LogP contribution < -0.4 is 0 Å². The van der Waals surface area contributed by atoms with Gasteiger partial charge in [-0.05, 0) is 50.8 Å². The smallest absolute Gasteiger partial charge is 0.128 e. The van der Waals surface area contributed by atoms with Crippen LogP contribution in [-0.2, 0) is 13.0 Å². The zero-order chi connectivity index (χ0) is 19.1. The molecule has 3 atom stereocenters. The number of hydrogen-bond donors (Lipinski definition) is 0. The van der Waals surface area contributed by atoms with E-state index in [9.17, 15) is 0 Å². The number of aryl methyl sites for hydroxylation is 2. The second kappa shape index (κ2) is 7.57. The molecule has 148 valence electrons. The Morgan fingerprint density at radius 2 is 1.71 bits per heavy atom. The van der Waals surface area contributed by atoms with Gasteiger partial charge in [-0.15, -0.1) is 0 Å². The normalized spacial score (nSPS) is 31.9. The van der Waals surface area contributed by atoms with Gasteiger partial charge in [0.2, 0.25) is 0 Å². The van der Waals surface area contributed by atoms with Crippen molar-refractivity contribution in [1.29, 1.82) is 0 Å². The van der Waals surface area contributed by atoms with Crippen LogP contribution in [0.1, 0.15) is 54.6 Å². The van der Waals surface area contributed by atoms with E-state index in [-0.39, 0.29) is 0 Å². The highest BCUT2D eigenvalue weighted by Crippen LogP contribution is 2.46. The maximum absolute atomic E-state index is 4.60. The predicted molar refractivity (Wildman–Crippen MR) is 112 cm³/mol. The number of hydrogen-bond acceptors (Lipinski definition) is 4. The second-order valence-corrected chi connectivity index (χ2v) is 9.06. The Balaban J connectivity index is 1.41. The van der Waals surface area contributed by atoms with Gasteiger partial charge in [0.1, 0.15) is 5.82 Å². The molecule has 1 aromatic carbocycles. The van der Waals surface area contributed by atoms with Crippen LogP contribution in [-0.4, -0.2) is 51.5 Å². The van der Waals surface area contributed by atoms with Crippen LogP contribution in [0, 0.1) is 12.8 Å². The fourth-order valence-corrected chi connectivity index (χ4v) is 5.88. The molecule has 4 saturated heterocycles. The lowest BCUT2D eigenvalue weighted by Gasteiger charge is -2.51. The molecule has 0 unspecified atom stereocenters. The van der Waals surface area contributed by atoms with Crippen molar-refractivity contribution >= 4 is 0 Å². The van der Waals surface area contributed by atoms with Gasteiger partial charge in [-0.25, -0.2) is 9.97 Å². The predicted octanol–water partition coefficient (Wildman–Crippen LogP) is 3.80. The first-order chi connectivity index (χ1) is 13.7. The first kappa shape index (κ1) is 18.3. The number of fused-ring (bicyclic) bond motifs is 2. The second-order valence-electron chi connectivity index (χ2n) is 9.06. The largest absolute Gasteiger partial charge is 0.298 e. The van der Waals surface area contributed by atoms with Crippen LogP contribution in [0.2, 0.25) is 0 Å². The van der Waals surface area contributed by atoms with Gasteiger partial charge < -0.3 is 0 Å². The van der Waals surface area contributed by atoms with E-state index in [4.69, 9.17) is 0 Å². The van der Waals surface area contributed by atoms with Gasteiger partial charge in [-0.2, -0.15) is 0 Å². The first-order valence-electron chi connectivity index (χ1n) is 11.1. The van der Waals surface area contributed by atoms with E-state index < -0.39 is 0 Å². The number of likely N-dealkylation sites (tertiary alicyclic amines) is 1. The van der Waals surface area contributed by atoms with Gasteiger partial charge in [0, 0.05) is 55.5 Å². The summed E-state index contributed by atoms with van der Waals surface area (Å²) in [5.41, 5.74) is 4.13. The fraction of sp³-hybridized carbons (Fsp3) is 0.583. The first-order valence-corrected chi connectivity index (χ1v) is 11.1. The lowest BCUT2D eigenvalue weighted by atomic mass is 9.75. The van der Waals surface area contributed by atoms with Gasteiger partial charge in [-0.1, -0.05) is 36.8 Å². The monoisotopic (exact) mass is 376 g/mol. The number of rotatable bonds is 5. The molecule has 4 heteroatoms. The summed E-state index contributed by atoms with van der Waals surface area (Å²) in [6, 6.07) is 10.7. The van der Waals surface area contributed by atoms with Crippen LogP contribution in [0.15, 0.2) is 36.7 Å². The van der Waals surface area contributed by atoms with E-state index in [0.29, 0.717) is 18.0 Å². The Morgan fingerprint density at radius 1 is 1.00 bits per heavy atom. The third-order valence-corrected chi connectivity index (χ3v) is 7.22. The topological polar surface area (TPSA) is 32.3 Å². The quantitative estimate of drug-likeness (QED) is 0.794. The summed E-state index contributed by atoms with van der Waals surface area (Å²) in [7, 11) is 0. The molecule has 0 amide bonds. The highest BCUT2D eigenvalue weighted by molar-refractivity contribution is 5.30. The maximum atomic E-state index is 4.60. The molecule has 5 heterocycles. The molecule has 4 aliphatic heterocycles. The van der Waals surface area contributed by atoms with Crippen molar-refractivity contribution in [2.75, 3.05) is 19.6 Å². The van der Waals surface area contributed by atoms with E-state index in [2.05, 4.69) is 70.3 Å². The summed E-state index contributed by atoms with van der Waals surface area (Å²) >= 11 is 0. The number of benzene rings is 1. The van der Waals surface area contributed by atoms with E-state index in [1.807, 2.05) is 0 Å². The average molecular weight is 377 g/mol. The van der Waals surface area contributed by atoms with E-state index in [1.165, 1.54) is 42.6 Å². The van der Waals surface area contributed by atoms with E-state index in [1.54, 1.807) is 0 Å². The van der Waals surface area contributed by atoms with Crippen molar-refractivity contribution in [2.45, 2.75) is 64.1 Å². The van der Waals surface area contributed by atoms with Crippen molar-refractivity contribution in [3.8, 4) is 0 Å². The zero-order valence-corrected chi connectivity index (χ0v) is 17.2. The van der Waals surface area contributed by atoms with Crippen LogP contribution in [0.4, 0.5) is 0 Å². The Kier molecular flexibility index (Phi) is 4.93. The molecule has 1 aromatic heterocycles. The van der Waals surface area contributed by atoms with Gasteiger partial charge in [-0.3, -0.25) is 9.80 Å². The van der Waals surface area contributed by atoms with Crippen LogP contribution in [0.25, 0.3) is 0 Å². The number of nitrogens with zero attached hydrogens (tertiary/aromatic N) is 4. The maximum Gasteiger partial charge on any atom is 0.128 e. The van der Waals surface area contributed by atoms with Crippen molar-refractivity contribution in [2.24, 2.45) is 5.92 Å². The molecule has 0 spiro atoms. The lowest BCUT2D eigenvalue weighted by molar-refractivity contribution is -0.00874. The molecular weight excluding hydrogens is 344 g/mol. The third-order valence-electron chi connectivity index (χ3n) is 7.22. The SMILES string of the molecule is CCCc1ncc(CN2C[C@H](c3ccc(C)cc3)[C@@H]3[C@H]2C2CCN3CC2)cn1. The molecule has 0 N–H and O–H groups in total. The Morgan fingerprint density at radius 3 is 2.39 bits per heavy atom. The Hall–Kier alpha value is -1.78. The molecule has 4 fully saturated rings. The van der Waals surface area contributed by atoms with E-state index >= 15 is 0 Å². The van der Waals surface area contributed by atoms with Crippen LogP contribution in [0.5, 0.6) is 0 Å². The molecule has 2 aromatic rings. The zero-order valence-electron chi connectivity index (χ0n) is 17.2. The summed E-state index contributed by atoms with van der Waals surface area (Å²) in [6.07, 6.45) is 8.93. The minimum Gasteiger partial charge on any atom is -0.298 e. The van der Waals surface area contributed by atoms with Gasteiger partial charge >= 0.3 is 0 Å². The van der Waals surface area contributed by atoms with Crippen molar-refractivity contribution in [3.63, 3.8) is 0 Å². The van der Waals surface area contributed by atoms with Gasteiger partial charge in [0.25, 0.3) is 0 Å². The summed E-state index contributed by atoms with van der Waals surface area (Å²) < 4.78 is 0. The molecule has 4 nitrogen and oxygen atoms in total. The number of aromatic nitrogens is 2. The molecule has 2 bridgehead atoms. The summed E-state index contributed by atoms with van der Waals surface area (Å²) in [5.74, 6) is 2.45. The number of piperidine rings is 3. The molecule has 0 saturated carbocycles. The lowest BCUT2D eigenvalue weighted by Crippen LogP contribution is -2.59. The van der Waals surface area contributed by atoms with Crippen molar-refractivity contribution in [3.05, 3.63) is 59.2 Å². The average Bonchev–Trinajstić information content (AvgIpc) is 3.13. The molecule has 0 aliphatic carbocycles. The summed E-state index contributed by atoms with van der Waals surface area (Å²) in [6.45, 7) is 9.08. The molecular formula is C24H32N4. The Bertz CT molecular complexity index is 792. The van der Waals surface area contributed by atoms with Crippen molar-refractivity contribution in [1.82, 2.24) is 19.8 Å². The molecule has 28 heavy (non-hydrogen) atoms.